The van der Waals surface area contributed by atoms with E-state index >= 15 is 0 Å². The Kier molecular flexibility index (Phi) is 8.30. The van der Waals surface area contributed by atoms with Gasteiger partial charge in [0.05, 0.1) is 5.56 Å². The number of rotatable bonds is 5. The molecule has 0 radical (unpaired) electrons. The number of carbonyl (C=O) groups excluding carboxylic acids is 2. The molecule has 2 aromatic rings. The fourth-order valence-electron chi connectivity index (χ4n) is 1.95. The topological polar surface area (TPSA) is 110 Å². The van der Waals surface area contributed by atoms with E-state index in [1.165, 1.54) is 6.07 Å². The molecule has 0 aliphatic rings. The summed E-state index contributed by atoms with van der Waals surface area (Å²) in [4.78, 5) is 21.5. The van der Waals surface area contributed by atoms with Crippen molar-refractivity contribution < 1.29 is 49.6 Å². The molecule has 0 fully saturated rings. The number of ether oxygens (including phenoxy) is 2. The van der Waals surface area contributed by atoms with E-state index in [9.17, 15) is 40.1 Å². The number of hydrogen-bond acceptors (Lipinski definition) is 7. The summed E-state index contributed by atoms with van der Waals surface area (Å²) in [5.41, 5.74) is 0.0737. The fourth-order valence-corrected chi connectivity index (χ4v) is 4.95. The number of halogens is 7. The highest BCUT2D eigenvalue weighted by molar-refractivity contribution is 14.1. The maximum atomic E-state index is 14.0. The van der Waals surface area contributed by atoms with Crippen LogP contribution in [0.1, 0.15) is 10.4 Å². The molecule has 0 spiro atoms. The highest BCUT2D eigenvalue weighted by Gasteiger charge is 2.31. The van der Waals surface area contributed by atoms with Crippen molar-refractivity contribution in [2.24, 2.45) is 0 Å². The van der Waals surface area contributed by atoms with Crippen LogP contribution in [0.25, 0.3) is 0 Å². The molecule has 0 bridgehead atoms. The average Bonchev–Trinajstić information content (AvgIpc) is 2.63. The Morgan fingerprint density at radius 1 is 0.967 bits per heavy atom. The first-order chi connectivity index (χ1) is 13.8. The zero-order valence-electron chi connectivity index (χ0n) is 13.8. The third-order valence-electron chi connectivity index (χ3n) is 3.18. The summed E-state index contributed by atoms with van der Waals surface area (Å²) in [6, 6.07) is 3.20. The highest BCUT2D eigenvalue weighted by atomic mass is 127. The number of carbonyl (C=O) groups is 2. The van der Waals surface area contributed by atoms with Gasteiger partial charge in [-0.1, -0.05) is 0 Å². The van der Waals surface area contributed by atoms with Gasteiger partial charge in [0.15, 0.2) is 24.1 Å². The second-order valence-electron chi connectivity index (χ2n) is 5.17. The third-order valence-corrected chi connectivity index (χ3v) is 7.71. The molecule has 162 valence electrons. The van der Waals surface area contributed by atoms with Crippen LogP contribution in [0.4, 0.5) is 17.6 Å². The van der Waals surface area contributed by atoms with Gasteiger partial charge in [-0.2, -0.15) is 4.39 Å². The summed E-state index contributed by atoms with van der Waals surface area (Å²) in [6.07, 6.45) is 0. The van der Waals surface area contributed by atoms with E-state index in [4.69, 9.17) is 0 Å². The van der Waals surface area contributed by atoms with Gasteiger partial charge in [-0.05, 0) is 79.9 Å². The highest BCUT2D eigenvalue weighted by Crippen LogP contribution is 2.33. The Morgan fingerprint density at radius 2 is 1.57 bits per heavy atom. The Morgan fingerprint density at radius 3 is 2.13 bits per heavy atom. The lowest BCUT2D eigenvalue weighted by Crippen LogP contribution is -2.22. The van der Waals surface area contributed by atoms with Gasteiger partial charge in [-0.25, -0.2) is 31.2 Å². The van der Waals surface area contributed by atoms with Crippen LogP contribution < -0.4 is 4.74 Å². The van der Waals surface area contributed by atoms with Gasteiger partial charge in [-0.15, -0.1) is 0 Å². The molecule has 30 heavy (non-hydrogen) atoms. The molecular formula is C15H4F4I3O7S-. The Bertz CT molecular complexity index is 1170. The van der Waals surface area contributed by atoms with E-state index in [-0.39, 0.29) is 5.56 Å². The molecule has 0 unspecified atom stereocenters. The molecule has 0 atom stereocenters. The van der Waals surface area contributed by atoms with Crippen molar-refractivity contribution in [3.05, 3.63) is 51.7 Å². The molecule has 0 N–H and O–H groups in total. The second kappa shape index (κ2) is 9.77. The summed E-state index contributed by atoms with van der Waals surface area (Å²) >= 11 is 5.73. The number of esters is 2. The van der Waals surface area contributed by atoms with Crippen LogP contribution >= 0.6 is 67.8 Å². The normalized spacial score (nSPS) is 11.3. The molecule has 0 amide bonds. The molecule has 0 saturated heterocycles. The summed E-state index contributed by atoms with van der Waals surface area (Å²) in [5.74, 6) is -14.6. The SMILES string of the molecule is O=C(COC(=O)c1cc(I)cc(I)c1I)Oc1c(F)c(F)c(F)c(S(=O)(=O)[O-])c1F. The minimum absolute atomic E-state index is 0.0737. The summed E-state index contributed by atoms with van der Waals surface area (Å²) < 4.78 is 98.0. The van der Waals surface area contributed by atoms with Gasteiger partial charge < -0.3 is 14.0 Å². The van der Waals surface area contributed by atoms with Crippen LogP contribution in [0.5, 0.6) is 5.75 Å². The Labute approximate surface area is 206 Å². The minimum Gasteiger partial charge on any atom is -0.744 e. The summed E-state index contributed by atoms with van der Waals surface area (Å²) in [7, 11) is -5.92. The first-order valence-electron chi connectivity index (χ1n) is 7.09. The molecule has 2 aromatic carbocycles. The molecule has 2 rings (SSSR count). The van der Waals surface area contributed by atoms with Gasteiger partial charge in [0, 0.05) is 10.7 Å². The van der Waals surface area contributed by atoms with E-state index in [2.05, 4.69) is 9.47 Å². The van der Waals surface area contributed by atoms with Crippen molar-refractivity contribution in [3.63, 3.8) is 0 Å². The van der Waals surface area contributed by atoms with E-state index < -0.39 is 62.6 Å². The van der Waals surface area contributed by atoms with Crippen molar-refractivity contribution in [2.75, 3.05) is 6.61 Å². The van der Waals surface area contributed by atoms with Crippen LogP contribution in [-0.2, 0) is 19.6 Å². The summed E-state index contributed by atoms with van der Waals surface area (Å²) in [6.45, 7) is -1.21. The monoisotopic (exact) mass is 785 g/mol. The standard InChI is InChI=1S/C15H5F4I3O7S/c16-8-9(17)13(11(19)14(10(8)18)30(25,26)27)29-7(23)3-28-15(24)5-1-4(20)2-6(21)12(5)22/h1-2H,3H2,(H,25,26,27)/p-1. The maximum Gasteiger partial charge on any atom is 0.349 e. The van der Waals surface area contributed by atoms with E-state index in [0.29, 0.717) is 10.7 Å². The zero-order valence-corrected chi connectivity index (χ0v) is 21.1. The number of hydrogen-bond donors (Lipinski definition) is 0. The van der Waals surface area contributed by atoms with E-state index in [1.54, 1.807) is 6.07 Å². The quantitative estimate of drug-likeness (QED) is 0.0866. The minimum atomic E-state index is -5.92. The molecule has 15 heteroatoms. The van der Waals surface area contributed by atoms with Crippen molar-refractivity contribution >= 4 is 89.8 Å². The number of benzene rings is 2. The molecule has 0 saturated carbocycles. The van der Waals surface area contributed by atoms with Gasteiger partial charge in [0.2, 0.25) is 11.6 Å². The summed E-state index contributed by atoms with van der Waals surface area (Å²) in [5, 5.41) is 0. The third kappa shape index (κ3) is 5.51. The van der Waals surface area contributed by atoms with Crippen LogP contribution in [0, 0.1) is 34.0 Å². The average molecular weight is 785 g/mol. The molecule has 0 aliphatic heterocycles. The molecule has 0 aliphatic carbocycles. The van der Waals surface area contributed by atoms with Crippen LogP contribution in [0.15, 0.2) is 17.0 Å². The van der Waals surface area contributed by atoms with Crippen molar-refractivity contribution in [1.29, 1.82) is 0 Å². The lowest BCUT2D eigenvalue weighted by atomic mass is 10.2. The van der Waals surface area contributed by atoms with Gasteiger partial charge in [0.1, 0.15) is 15.0 Å². The Balaban J connectivity index is 2.26. The van der Waals surface area contributed by atoms with Crippen molar-refractivity contribution in [1.82, 2.24) is 0 Å². The van der Waals surface area contributed by atoms with Crippen LogP contribution in [0.2, 0.25) is 0 Å². The lowest BCUT2D eigenvalue weighted by Gasteiger charge is -2.14. The molecule has 0 aromatic heterocycles. The second-order valence-corrected chi connectivity index (χ2v) is 9.97. The van der Waals surface area contributed by atoms with Gasteiger partial charge in [-0.3, -0.25) is 0 Å². The van der Waals surface area contributed by atoms with Crippen molar-refractivity contribution in [3.8, 4) is 5.75 Å². The van der Waals surface area contributed by atoms with E-state index in [1.807, 2.05) is 67.8 Å². The molecule has 7 nitrogen and oxygen atoms in total. The zero-order chi connectivity index (χ0) is 23.0. The van der Waals surface area contributed by atoms with Gasteiger partial charge >= 0.3 is 11.9 Å². The van der Waals surface area contributed by atoms with Gasteiger partial charge in [0.25, 0.3) is 0 Å². The first-order valence-corrected chi connectivity index (χ1v) is 11.7. The van der Waals surface area contributed by atoms with Crippen molar-refractivity contribution in [2.45, 2.75) is 4.90 Å². The van der Waals surface area contributed by atoms with Crippen LogP contribution in [-0.4, -0.2) is 31.5 Å². The smallest absolute Gasteiger partial charge is 0.349 e. The van der Waals surface area contributed by atoms with Crippen LogP contribution in [0.3, 0.4) is 0 Å². The molecule has 0 heterocycles. The fraction of sp³-hybridized carbons (Fsp3) is 0.0667. The maximum absolute atomic E-state index is 14.0. The largest absolute Gasteiger partial charge is 0.744 e. The molecular weight excluding hydrogens is 781 g/mol. The Hall–Kier alpha value is -0.800. The first kappa shape index (κ1) is 25.5. The predicted molar refractivity (Wildman–Crippen MR) is 115 cm³/mol. The lowest BCUT2D eigenvalue weighted by molar-refractivity contribution is -0.138. The predicted octanol–water partition coefficient (Wildman–Crippen LogP) is 3.72. The van der Waals surface area contributed by atoms with E-state index in [0.717, 1.165) is 0 Å².